The third-order valence-electron chi connectivity index (χ3n) is 3.26. The predicted molar refractivity (Wildman–Crippen MR) is 74.9 cm³/mol. The molecule has 2 heteroatoms. The van der Waals surface area contributed by atoms with Crippen LogP contribution in [0, 0.1) is 0 Å². The van der Waals surface area contributed by atoms with Crippen molar-refractivity contribution in [3.63, 3.8) is 0 Å². The zero-order chi connectivity index (χ0) is 12.6. The molecule has 0 atom stereocenters. The highest BCUT2D eigenvalue weighted by molar-refractivity contribution is 7.69. The fourth-order valence-corrected chi connectivity index (χ4v) is 5.80. The highest BCUT2D eigenvalue weighted by Crippen LogP contribution is 2.61. The monoisotopic (exact) mass is 247 g/mol. The normalized spacial score (nSPS) is 15.2. The van der Waals surface area contributed by atoms with Crippen LogP contribution in [0.3, 0.4) is 0 Å². The minimum atomic E-state index is -0.339. The molecule has 0 saturated carbocycles. The Hall–Kier alpha value is -0.810. The first kappa shape index (κ1) is 12.6. The van der Waals surface area contributed by atoms with Gasteiger partial charge in [0.1, 0.15) is 0 Å². The summed E-state index contributed by atoms with van der Waals surface area (Å²) in [6.07, 6.45) is 0.615. The van der Waals surface area contributed by atoms with Crippen LogP contribution in [0.25, 0.3) is 5.31 Å². The molecule has 0 bridgehead atoms. The maximum atomic E-state index is 12.3. The van der Waals surface area contributed by atoms with Crippen LogP contribution in [0.5, 0.6) is 0 Å². The molecule has 0 aromatic heterocycles. The third kappa shape index (κ3) is 2.26. The summed E-state index contributed by atoms with van der Waals surface area (Å²) in [5.41, 5.74) is 3.61. The molecule has 91 valence electrons. The summed E-state index contributed by atoms with van der Waals surface area (Å²) in [4.78, 5) is 0. The fourth-order valence-electron chi connectivity index (χ4n) is 2.71. The van der Waals surface area contributed by atoms with Crippen LogP contribution in [-0.2, 0) is 11.5 Å². The zero-order valence-electron chi connectivity index (χ0n) is 11.0. The van der Waals surface area contributed by atoms with Crippen molar-refractivity contribution >= 4 is 13.2 Å². The van der Waals surface area contributed by atoms with Crippen molar-refractivity contribution in [1.82, 2.24) is 0 Å². The molecule has 17 heavy (non-hydrogen) atoms. The van der Waals surface area contributed by atoms with E-state index >= 15 is 0 Å². The molecule has 1 aliphatic rings. The molecular formula is C15H20OP. The summed E-state index contributed by atoms with van der Waals surface area (Å²) in [5.74, 6) is 0.361. The molecule has 0 spiro atoms. The number of benzene rings is 1. The zero-order valence-corrected chi connectivity index (χ0v) is 11.9. The van der Waals surface area contributed by atoms with Crippen LogP contribution in [0.2, 0.25) is 0 Å². The Labute approximate surface area is 105 Å². The molecule has 1 nitrogen and oxygen atoms in total. The van der Waals surface area contributed by atoms with Crippen molar-refractivity contribution < 1.29 is 5.11 Å². The molecule has 0 N–H and O–H groups in total. The summed E-state index contributed by atoms with van der Waals surface area (Å²) >= 11 is 0. The smallest absolute Gasteiger partial charge is 0.168 e. The topological polar surface area (TPSA) is 19.9 Å². The summed E-state index contributed by atoms with van der Waals surface area (Å²) in [7, 11) is -0.339. The van der Waals surface area contributed by atoms with E-state index in [0.717, 1.165) is 5.31 Å². The van der Waals surface area contributed by atoms with Gasteiger partial charge in [-0.3, -0.25) is 5.11 Å². The molecule has 1 aliphatic carbocycles. The fraction of sp³-hybridized carbons (Fsp3) is 0.467. The second-order valence-corrected chi connectivity index (χ2v) is 8.53. The second-order valence-electron chi connectivity index (χ2n) is 5.20. The highest BCUT2D eigenvalue weighted by Gasteiger charge is 2.31. The lowest BCUT2D eigenvalue weighted by molar-refractivity contribution is 0.295. The predicted octanol–water partition coefficient (Wildman–Crippen LogP) is 4.64. The average molecular weight is 247 g/mol. The van der Waals surface area contributed by atoms with E-state index in [-0.39, 0.29) is 7.92 Å². The molecule has 0 aliphatic heterocycles. The van der Waals surface area contributed by atoms with E-state index < -0.39 is 0 Å². The van der Waals surface area contributed by atoms with Gasteiger partial charge < -0.3 is 0 Å². The van der Waals surface area contributed by atoms with E-state index in [4.69, 9.17) is 0 Å². The van der Waals surface area contributed by atoms with Crippen molar-refractivity contribution in [1.29, 1.82) is 0 Å². The van der Waals surface area contributed by atoms with Crippen LogP contribution >= 0.6 is 7.92 Å². The maximum absolute atomic E-state index is 12.3. The standard InChI is InChI=1S/C15H20OP/c1-10(2)17(11(3)4)15-13-8-6-5-7-12(13)9-14(15)16/h5-8,10-11H,9H2,1-4H3. The minimum Gasteiger partial charge on any atom is -0.294 e. The van der Waals surface area contributed by atoms with Gasteiger partial charge in [0.25, 0.3) is 0 Å². The molecule has 2 rings (SSSR count). The Morgan fingerprint density at radius 3 is 2.24 bits per heavy atom. The summed E-state index contributed by atoms with van der Waals surface area (Å²) < 4.78 is 0. The van der Waals surface area contributed by atoms with Gasteiger partial charge >= 0.3 is 0 Å². The molecule has 0 heterocycles. The third-order valence-corrected chi connectivity index (χ3v) is 6.49. The number of hydrogen-bond donors (Lipinski definition) is 0. The lowest BCUT2D eigenvalue weighted by Gasteiger charge is -2.27. The Kier molecular flexibility index (Phi) is 3.58. The van der Waals surface area contributed by atoms with Crippen molar-refractivity contribution in [3.05, 3.63) is 41.2 Å². The van der Waals surface area contributed by atoms with Crippen LogP contribution in [0.1, 0.15) is 38.8 Å². The number of hydrogen-bond acceptors (Lipinski definition) is 0. The van der Waals surface area contributed by atoms with Crippen molar-refractivity contribution in [2.24, 2.45) is 0 Å². The van der Waals surface area contributed by atoms with Gasteiger partial charge in [-0.25, -0.2) is 0 Å². The van der Waals surface area contributed by atoms with E-state index in [1.54, 1.807) is 0 Å². The Morgan fingerprint density at radius 2 is 1.65 bits per heavy atom. The van der Waals surface area contributed by atoms with Gasteiger partial charge in [0, 0.05) is 11.7 Å². The van der Waals surface area contributed by atoms with Crippen molar-refractivity contribution in [2.45, 2.75) is 45.4 Å². The largest absolute Gasteiger partial charge is 0.294 e. The van der Waals surface area contributed by atoms with Gasteiger partial charge in [0.05, 0.1) is 0 Å². The molecule has 1 aromatic rings. The summed E-state index contributed by atoms with van der Waals surface area (Å²) in [5, 5.41) is 13.4. The summed E-state index contributed by atoms with van der Waals surface area (Å²) in [6, 6.07) is 8.29. The van der Waals surface area contributed by atoms with Gasteiger partial charge in [-0.2, -0.15) is 0 Å². The van der Waals surface area contributed by atoms with Crippen LogP contribution in [0.4, 0.5) is 0 Å². The maximum Gasteiger partial charge on any atom is 0.168 e. The minimum absolute atomic E-state index is 0.339. The van der Waals surface area contributed by atoms with E-state index in [1.807, 2.05) is 12.1 Å². The van der Waals surface area contributed by atoms with Gasteiger partial charge in [-0.05, 0) is 22.4 Å². The van der Waals surface area contributed by atoms with Crippen molar-refractivity contribution in [3.8, 4) is 0 Å². The van der Waals surface area contributed by atoms with Crippen LogP contribution < -0.4 is 0 Å². The van der Waals surface area contributed by atoms with E-state index in [0.29, 0.717) is 23.5 Å². The number of fused-ring (bicyclic) bond motifs is 1. The number of rotatable bonds is 3. The second kappa shape index (κ2) is 4.82. The van der Waals surface area contributed by atoms with Crippen LogP contribution in [0.15, 0.2) is 30.0 Å². The first-order valence-corrected chi connectivity index (χ1v) is 7.77. The van der Waals surface area contributed by atoms with Gasteiger partial charge in [0.2, 0.25) is 0 Å². The van der Waals surface area contributed by atoms with Crippen molar-refractivity contribution in [2.75, 3.05) is 0 Å². The Balaban J connectivity index is 2.47. The van der Waals surface area contributed by atoms with Gasteiger partial charge in [-0.1, -0.05) is 59.9 Å². The molecule has 0 amide bonds. The average Bonchev–Trinajstić information content (AvgIpc) is 2.55. The molecule has 1 aromatic carbocycles. The lowest BCUT2D eigenvalue weighted by Crippen LogP contribution is -2.05. The molecule has 0 unspecified atom stereocenters. The van der Waals surface area contributed by atoms with E-state index in [9.17, 15) is 5.11 Å². The molecule has 0 fully saturated rings. The quantitative estimate of drug-likeness (QED) is 0.693. The molecule has 1 radical (unpaired) electrons. The van der Waals surface area contributed by atoms with Gasteiger partial charge in [-0.15, -0.1) is 0 Å². The molecular weight excluding hydrogens is 227 g/mol. The van der Waals surface area contributed by atoms with Crippen LogP contribution in [-0.4, -0.2) is 11.3 Å². The summed E-state index contributed by atoms with van der Waals surface area (Å²) in [6.45, 7) is 8.97. The van der Waals surface area contributed by atoms with Gasteiger partial charge in [0.15, 0.2) is 5.76 Å². The first-order valence-electron chi connectivity index (χ1n) is 6.29. The van der Waals surface area contributed by atoms with E-state index in [2.05, 4.69) is 39.8 Å². The number of allylic oxidation sites excluding steroid dienone is 1. The highest BCUT2D eigenvalue weighted by atomic mass is 31.1. The first-order chi connectivity index (χ1) is 8.02. The molecule has 0 saturated heterocycles. The Morgan fingerprint density at radius 1 is 1.06 bits per heavy atom. The SMILES string of the molecule is CC(C)P(C1=C([O])Cc2ccccc21)C(C)C. The van der Waals surface area contributed by atoms with E-state index in [1.165, 1.54) is 11.1 Å². The lowest BCUT2D eigenvalue weighted by atomic mass is 10.1. The Bertz CT molecular complexity index is 438.